The molecule has 1 saturated heterocycles. The number of ether oxygens (including phenoxy) is 1. The standard InChI is InChI=1S/C14H27N3O2/c1-19-10-11-3-2-7-17(9-11)8-6-13(14(15)18)16-12-4-5-12/h11-13,16H,2-10H2,1H3,(H2,15,18). The number of carbonyl (C=O) groups is 1. The fourth-order valence-corrected chi connectivity index (χ4v) is 2.88. The van der Waals surface area contributed by atoms with E-state index >= 15 is 0 Å². The summed E-state index contributed by atoms with van der Waals surface area (Å²) in [5.41, 5.74) is 5.46. The van der Waals surface area contributed by atoms with Crippen molar-refractivity contribution in [2.45, 2.75) is 44.2 Å². The largest absolute Gasteiger partial charge is 0.384 e. The summed E-state index contributed by atoms with van der Waals surface area (Å²) in [6, 6.07) is 0.371. The van der Waals surface area contributed by atoms with Crippen molar-refractivity contribution in [2.75, 3.05) is 33.4 Å². The van der Waals surface area contributed by atoms with Crippen molar-refractivity contribution in [3.05, 3.63) is 0 Å². The molecular weight excluding hydrogens is 242 g/mol. The van der Waals surface area contributed by atoms with Gasteiger partial charge in [0.15, 0.2) is 0 Å². The minimum Gasteiger partial charge on any atom is -0.384 e. The third-order valence-corrected chi connectivity index (χ3v) is 4.10. The van der Waals surface area contributed by atoms with E-state index in [4.69, 9.17) is 10.5 Å². The van der Waals surface area contributed by atoms with Gasteiger partial charge in [-0.2, -0.15) is 0 Å². The molecule has 2 atom stereocenters. The summed E-state index contributed by atoms with van der Waals surface area (Å²) in [6.07, 6.45) is 5.67. The lowest BCUT2D eigenvalue weighted by molar-refractivity contribution is -0.120. The van der Waals surface area contributed by atoms with Crippen molar-refractivity contribution in [2.24, 2.45) is 11.7 Å². The molecule has 0 aromatic rings. The maximum absolute atomic E-state index is 11.4. The first kappa shape index (κ1) is 14.8. The van der Waals surface area contributed by atoms with Gasteiger partial charge in [0.2, 0.25) is 5.91 Å². The number of nitrogens with zero attached hydrogens (tertiary/aromatic N) is 1. The average Bonchev–Trinajstić information content (AvgIpc) is 3.19. The number of rotatable bonds is 8. The Labute approximate surface area is 115 Å². The van der Waals surface area contributed by atoms with E-state index in [2.05, 4.69) is 10.2 Å². The highest BCUT2D eigenvalue weighted by atomic mass is 16.5. The SMILES string of the molecule is COCC1CCCN(CCC(NC2CC2)C(N)=O)C1. The predicted molar refractivity (Wildman–Crippen MR) is 74.8 cm³/mol. The molecule has 2 rings (SSSR count). The third kappa shape index (κ3) is 5.09. The van der Waals surface area contributed by atoms with Gasteiger partial charge >= 0.3 is 0 Å². The van der Waals surface area contributed by atoms with Crippen LogP contribution in [-0.2, 0) is 9.53 Å². The second-order valence-electron chi connectivity index (χ2n) is 5.95. The molecule has 1 saturated carbocycles. The van der Waals surface area contributed by atoms with Crippen molar-refractivity contribution < 1.29 is 9.53 Å². The third-order valence-electron chi connectivity index (χ3n) is 4.10. The average molecular weight is 269 g/mol. The predicted octanol–water partition coefficient (Wildman–Crippen LogP) is 0.341. The second-order valence-corrected chi connectivity index (χ2v) is 5.95. The van der Waals surface area contributed by atoms with E-state index in [0.29, 0.717) is 12.0 Å². The molecule has 0 spiro atoms. The molecule has 0 radical (unpaired) electrons. The van der Waals surface area contributed by atoms with Crippen LogP contribution < -0.4 is 11.1 Å². The summed E-state index contributed by atoms with van der Waals surface area (Å²) in [4.78, 5) is 13.9. The van der Waals surface area contributed by atoms with E-state index in [9.17, 15) is 4.79 Å². The van der Waals surface area contributed by atoms with Crippen LogP contribution in [0, 0.1) is 5.92 Å². The normalized spacial score (nSPS) is 26.3. The van der Waals surface area contributed by atoms with Gasteiger partial charge in [0, 0.05) is 26.2 Å². The first-order valence-electron chi connectivity index (χ1n) is 7.45. The molecule has 0 bridgehead atoms. The minimum absolute atomic E-state index is 0.157. The Balaban J connectivity index is 1.71. The van der Waals surface area contributed by atoms with Gasteiger partial charge in [-0.1, -0.05) is 0 Å². The zero-order valence-electron chi connectivity index (χ0n) is 11.9. The molecule has 1 amide bonds. The zero-order chi connectivity index (χ0) is 13.7. The number of nitrogens with two attached hydrogens (primary N) is 1. The van der Waals surface area contributed by atoms with Gasteiger partial charge in [-0.05, 0) is 44.6 Å². The number of hydrogen-bond donors (Lipinski definition) is 2. The summed E-state index contributed by atoms with van der Waals surface area (Å²) in [5.74, 6) is 0.430. The molecule has 2 fully saturated rings. The van der Waals surface area contributed by atoms with Crippen molar-refractivity contribution in [1.82, 2.24) is 10.2 Å². The Bertz CT molecular complexity index is 292. The number of piperidine rings is 1. The van der Waals surface area contributed by atoms with Crippen molar-refractivity contribution in [3.8, 4) is 0 Å². The van der Waals surface area contributed by atoms with Crippen molar-refractivity contribution in [1.29, 1.82) is 0 Å². The molecule has 5 nitrogen and oxygen atoms in total. The molecule has 5 heteroatoms. The summed E-state index contributed by atoms with van der Waals surface area (Å²) in [6.45, 7) is 4.02. The van der Waals surface area contributed by atoms with Crippen LogP contribution in [0.1, 0.15) is 32.1 Å². The Morgan fingerprint density at radius 1 is 1.47 bits per heavy atom. The topological polar surface area (TPSA) is 67.6 Å². The van der Waals surface area contributed by atoms with Crippen LogP contribution in [0.3, 0.4) is 0 Å². The molecule has 2 aliphatic rings. The Hall–Kier alpha value is -0.650. The summed E-state index contributed by atoms with van der Waals surface area (Å²) < 4.78 is 5.24. The van der Waals surface area contributed by atoms with Crippen LogP contribution in [0.2, 0.25) is 0 Å². The number of nitrogens with one attached hydrogen (secondary N) is 1. The first-order chi connectivity index (χ1) is 9.19. The van der Waals surface area contributed by atoms with Gasteiger partial charge in [0.1, 0.15) is 0 Å². The monoisotopic (exact) mass is 269 g/mol. The molecule has 19 heavy (non-hydrogen) atoms. The fraction of sp³-hybridized carbons (Fsp3) is 0.929. The number of methoxy groups -OCH3 is 1. The molecule has 1 heterocycles. The van der Waals surface area contributed by atoms with Crippen LogP contribution in [0.4, 0.5) is 0 Å². The highest BCUT2D eigenvalue weighted by Crippen LogP contribution is 2.21. The Morgan fingerprint density at radius 3 is 2.89 bits per heavy atom. The number of amides is 1. The number of carbonyl (C=O) groups excluding carboxylic acids is 1. The molecule has 3 N–H and O–H groups in total. The highest BCUT2D eigenvalue weighted by Gasteiger charge is 2.28. The second kappa shape index (κ2) is 7.22. The summed E-state index contributed by atoms with van der Waals surface area (Å²) in [7, 11) is 1.77. The molecule has 0 aromatic heterocycles. The van der Waals surface area contributed by atoms with E-state index in [-0.39, 0.29) is 11.9 Å². The lowest BCUT2D eigenvalue weighted by atomic mass is 9.98. The number of hydrogen-bond acceptors (Lipinski definition) is 4. The zero-order valence-corrected chi connectivity index (χ0v) is 11.9. The lowest BCUT2D eigenvalue weighted by Gasteiger charge is -2.33. The van der Waals surface area contributed by atoms with Gasteiger partial charge < -0.3 is 20.7 Å². The first-order valence-corrected chi connectivity index (χ1v) is 7.45. The Kier molecular flexibility index (Phi) is 5.60. The fourth-order valence-electron chi connectivity index (χ4n) is 2.88. The van der Waals surface area contributed by atoms with Gasteiger partial charge in [-0.3, -0.25) is 4.79 Å². The Morgan fingerprint density at radius 2 is 2.26 bits per heavy atom. The van der Waals surface area contributed by atoms with E-state index in [1.807, 2.05) is 0 Å². The van der Waals surface area contributed by atoms with Crippen molar-refractivity contribution in [3.63, 3.8) is 0 Å². The minimum atomic E-state index is -0.211. The molecule has 1 aliphatic heterocycles. The van der Waals surface area contributed by atoms with E-state index < -0.39 is 0 Å². The van der Waals surface area contributed by atoms with E-state index in [1.54, 1.807) is 7.11 Å². The molecular formula is C14H27N3O2. The van der Waals surface area contributed by atoms with Crippen LogP contribution >= 0.6 is 0 Å². The number of primary amides is 1. The maximum Gasteiger partial charge on any atom is 0.234 e. The van der Waals surface area contributed by atoms with E-state index in [1.165, 1.54) is 25.7 Å². The molecule has 2 unspecified atom stereocenters. The van der Waals surface area contributed by atoms with Gasteiger partial charge in [0.05, 0.1) is 12.6 Å². The maximum atomic E-state index is 11.4. The number of likely N-dealkylation sites (tertiary alicyclic amines) is 1. The summed E-state index contributed by atoms with van der Waals surface area (Å²) >= 11 is 0. The van der Waals surface area contributed by atoms with Gasteiger partial charge in [-0.25, -0.2) is 0 Å². The summed E-state index contributed by atoms with van der Waals surface area (Å²) in [5, 5.41) is 3.34. The molecule has 1 aliphatic carbocycles. The quantitative estimate of drug-likeness (QED) is 0.667. The lowest BCUT2D eigenvalue weighted by Crippen LogP contribution is -2.46. The van der Waals surface area contributed by atoms with Crippen molar-refractivity contribution >= 4 is 5.91 Å². The van der Waals surface area contributed by atoms with Crippen LogP contribution in [-0.4, -0.2) is 56.2 Å². The van der Waals surface area contributed by atoms with Gasteiger partial charge in [-0.15, -0.1) is 0 Å². The van der Waals surface area contributed by atoms with Crippen LogP contribution in [0.15, 0.2) is 0 Å². The van der Waals surface area contributed by atoms with Crippen LogP contribution in [0.5, 0.6) is 0 Å². The smallest absolute Gasteiger partial charge is 0.234 e. The molecule has 110 valence electrons. The van der Waals surface area contributed by atoms with E-state index in [0.717, 1.165) is 32.7 Å². The highest BCUT2D eigenvalue weighted by molar-refractivity contribution is 5.79. The molecule has 0 aromatic carbocycles. The van der Waals surface area contributed by atoms with Crippen LogP contribution in [0.25, 0.3) is 0 Å². The van der Waals surface area contributed by atoms with Gasteiger partial charge in [0.25, 0.3) is 0 Å².